The lowest BCUT2D eigenvalue weighted by Gasteiger charge is -2.20. The van der Waals surface area contributed by atoms with Crippen LogP contribution < -0.4 is 19.5 Å². The fourth-order valence-electron chi connectivity index (χ4n) is 3.79. The van der Waals surface area contributed by atoms with E-state index < -0.39 is 0 Å². The fourth-order valence-corrected chi connectivity index (χ4v) is 3.79. The minimum atomic E-state index is 0.118. The number of hydrogen-bond donors (Lipinski definition) is 1. The van der Waals surface area contributed by atoms with Gasteiger partial charge in [0, 0.05) is 17.0 Å². The highest BCUT2D eigenvalue weighted by Gasteiger charge is 2.16. The quantitative estimate of drug-likeness (QED) is 0.293. The van der Waals surface area contributed by atoms with Crippen LogP contribution in [-0.4, -0.2) is 30.3 Å². The first-order chi connectivity index (χ1) is 16.2. The maximum Gasteiger partial charge on any atom is 0.162 e. The van der Waals surface area contributed by atoms with Gasteiger partial charge in [-0.05, 0) is 49.2 Å². The van der Waals surface area contributed by atoms with Crippen LogP contribution >= 0.6 is 0 Å². The average molecular weight is 448 g/mol. The predicted octanol–water partition coefficient (Wildman–Crippen LogP) is 6.61. The normalized spacial score (nSPS) is 11.9. The number of fused-ring (bicyclic) bond motifs is 1. The van der Waals surface area contributed by atoms with Crippen LogP contribution in [0, 0.1) is 0 Å². The van der Waals surface area contributed by atoms with Crippen molar-refractivity contribution in [2.75, 3.05) is 19.5 Å². The van der Waals surface area contributed by atoms with Gasteiger partial charge in [0.1, 0.15) is 23.7 Å². The monoisotopic (exact) mass is 447 g/mol. The summed E-state index contributed by atoms with van der Waals surface area (Å²) in [6.45, 7) is 4.28. The number of anilines is 2. The third-order valence-electron chi connectivity index (χ3n) is 5.54. The Labute approximate surface area is 193 Å². The second kappa shape index (κ2) is 10.3. The second-order valence-corrected chi connectivity index (χ2v) is 7.70. The Kier molecular flexibility index (Phi) is 6.98. The van der Waals surface area contributed by atoms with Gasteiger partial charge >= 0.3 is 0 Å². The summed E-state index contributed by atoms with van der Waals surface area (Å²) < 4.78 is 23.0. The third kappa shape index (κ3) is 4.87. The van der Waals surface area contributed by atoms with Gasteiger partial charge in [0.2, 0.25) is 0 Å². The van der Waals surface area contributed by atoms with Gasteiger partial charge in [-0.2, -0.15) is 0 Å². The molecule has 0 aliphatic rings. The van der Waals surface area contributed by atoms with Gasteiger partial charge in [-0.3, -0.25) is 0 Å². The number of nitrogens with one attached hydrogen (secondary N) is 1. The molecule has 7 heteroatoms. The van der Waals surface area contributed by atoms with E-state index in [0.717, 1.165) is 47.2 Å². The predicted molar refractivity (Wildman–Crippen MR) is 130 cm³/mol. The molecule has 0 radical (unpaired) electrons. The maximum absolute atomic E-state index is 6.31. The van der Waals surface area contributed by atoms with Crippen LogP contribution in [0.25, 0.3) is 22.2 Å². The van der Waals surface area contributed by atoms with E-state index in [1.54, 1.807) is 20.5 Å². The highest BCUT2D eigenvalue weighted by Crippen LogP contribution is 2.38. The Bertz CT molecular complexity index is 1210. The van der Waals surface area contributed by atoms with Crippen molar-refractivity contribution in [3.05, 3.63) is 55.1 Å². The highest BCUT2D eigenvalue weighted by molar-refractivity contribution is 5.93. The van der Waals surface area contributed by atoms with E-state index in [2.05, 4.69) is 29.1 Å². The number of nitrogens with zero attached hydrogens (tertiary/aromatic N) is 2. The summed E-state index contributed by atoms with van der Waals surface area (Å²) in [6.07, 6.45) is 6.25. The Balaban J connectivity index is 1.75. The SMILES string of the molecule is CCCC(CC)Oc1cc2c(Nc3cc(-c4ccco4)ccc3OC)ncnc2cc1OC. The number of methoxy groups -OCH3 is 2. The molecule has 1 atom stereocenters. The first-order valence-electron chi connectivity index (χ1n) is 11.1. The van der Waals surface area contributed by atoms with Crippen molar-refractivity contribution in [2.24, 2.45) is 0 Å². The summed E-state index contributed by atoms with van der Waals surface area (Å²) in [6, 6.07) is 13.4. The molecule has 7 nitrogen and oxygen atoms in total. The first kappa shape index (κ1) is 22.5. The summed E-state index contributed by atoms with van der Waals surface area (Å²) in [5, 5.41) is 4.24. The molecule has 33 heavy (non-hydrogen) atoms. The molecule has 0 amide bonds. The summed E-state index contributed by atoms with van der Waals surface area (Å²) in [7, 11) is 3.28. The van der Waals surface area contributed by atoms with Crippen LogP contribution in [0.5, 0.6) is 17.2 Å². The molecule has 0 bridgehead atoms. The van der Waals surface area contributed by atoms with Crippen LogP contribution in [0.3, 0.4) is 0 Å². The lowest BCUT2D eigenvalue weighted by atomic mass is 10.1. The molecular formula is C26H29N3O4. The number of benzene rings is 2. The first-order valence-corrected chi connectivity index (χ1v) is 11.1. The molecule has 4 aromatic rings. The molecular weight excluding hydrogens is 418 g/mol. The molecule has 1 N–H and O–H groups in total. The Morgan fingerprint density at radius 2 is 1.82 bits per heavy atom. The summed E-state index contributed by atoms with van der Waals surface area (Å²) in [4.78, 5) is 8.94. The Hall–Kier alpha value is -3.74. The smallest absolute Gasteiger partial charge is 0.162 e. The molecule has 2 heterocycles. The van der Waals surface area contributed by atoms with Crippen LogP contribution in [0.4, 0.5) is 11.5 Å². The largest absolute Gasteiger partial charge is 0.495 e. The van der Waals surface area contributed by atoms with Gasteiger partial charge in [0.15, 0.2) is 11.5 Å². The van der Waals surface area contributed by atoms with Crippen molar-refractivity contribution in [3.63, 3.8) is 0 Å². The number of ether oxygens (including phenoxy) is 3. The van der Waals surface area contributed by atoms with Gasteiger partial charge < -0.3 is 23.9 Å². The number of furan rings is 1. The molecule has 2 aromatic heterocycles. The Morgan fingerprint density at radius 3 is 2.52 bits per heavy atom. The topological polar surface area (TPSA) is 78.6 Å². The molecule has 0 saturated carbocycles. The standard InChI is InChI=1S/C26H29N3O4/c1-5-8-18(6-2)33-25-14-19-20(15-24(25)31-4)27-16-28-26(19)29-21-13-17(10-11-23(21)30-3)22-9-7-12-32-22/h7,9-16,18H,5-6,8H2,1-4H3,(H,27,28,29). The van der Waals surface area contributed by atoms with Gasteiger partial charge in [-0.1, -0.05) is 20.3 Å². The van der Waals surface area contributed by atoms with Crippen LogP contribution in [0.2, 0.25) is 0 Å². The van der Waals surface area contributed by atoms with E-state index in [4.69, 9.17) is 18.6 Å². The lowest BCUT2D eigenvalue weighted by molar-refractivity contribution is 0.178. The number of aromatic nitrogens is 2. The molecule has 4 rings (SSSR count). The van der Waals surface area contributed by atoms with Crippen molar-refractivity contribution in [1.82, 2.24) is 9.97 Å². The van der Waals surface area contributed by atoms with Gasteiger partial charge in [0.25, 0.3) is 0 Å². The second-order valence-electron chi connectivity index (χ2n) is 7.70. The van der Waals surface area contributed by atoms with E-state index in [0.29, 0.717) is 23.1 Å². The zero-order valence-electron chi connectivity index (χ0n) is 19.4. The molecule has 0 saturated heterocycles. The lowest BCUT2D eigenvalue weighted by Crippen LogP contribution is -2.15. The zero-order valence-corrected chi connectivity index (χ0v) is 19.4. The minimum Gasteiger partial charge on any atom is -0.495 e. The molecule has 0 aliphatic heterocycles. The van der Waals surface area contributed by atoms with E-state index in [-0.39, 0.29) is 6.10 Å². The zero-order chi connectivity index (χ0) is 23.2. The van der Waals surface area contributed by atoms with Crippen molar-refractivity contribution in [3.8, 4) is 28.6 Å². The van der Waals surface area contributed by atoms with E-state index >= 15 is 0 Å². The number of rotatable bonds is 10. The van der Waals surface area contributed by atoms with E-state index in [1.165, 1.54) is 6.33 Å². The fraction of sp³-hybridized carbons (Fsp3) is 0.308. The van der Waals surface area contributed by atoms with E-state index in [9.17, 15) is 0 Å². The van der Waals surface area contributed by atoms with E-state index in [1.807, 2.05) is 42.5 Å². The van der Waals surface area contributed by atoms with Crippen LogP contribution in [-0.2, 0) is 0 Å². The highest BCUT2D eigenvalue weighted by atomic mass is 16.5. The average Bonchev–Trinajstić information content (AvgIpc) is 3.38. The summed E-state index contributed by atoms with van der Waals surface area (Å²) in [5.41, 5.74) is 2.45. The third-order valence-corrected chi connectivity index (χ3v) is 5.54. The van der Waals surface area contributed by atoms with Crippen molar-refractivity contribution in [2.45, 2.75) is 39.2 Å². The molecule has 0 aliphatic carbocycles. The Morgan fingerprint density at radius 1 is 0.970 bits per heavy atom. The van der Waals surface area contributed by atoms with Crippen LogP contribution in [0.1, 0.15) is 33.1 Å². The van der Waals surface area contributed by atoms with Crippen molar-refractivity contribution < 1.29 is 18.6 Å². The molecule has 1 unspecified atom stereocenters. The van der Waals surface area contributed by atoms with Crippen LogP contribution in [0.15, 0.2) is 59.5 Å². The molecule has 0 spiro atoms. The summed E-state index contributed by atoms with van der Waals surface area (Å²) >= 11 is 0. The minimum absolute atomic E-state index is 0.118. The molecule has 172 valence electrons. The molecule has 2 aromatic carbocycles. The molecule has 0 fully saturated rings. The van der Waals surface area contributed by atoms with Gasteiger partial charge in [-0.25, -0.2) is 9.97 Å². The van der Waals surface area contributed by atoms with Gasteiger partial charge in [0.05, 0.1) is 37.8 Å². The van der Waals surface area contributed by atoms with Gasteiger partial charge in [-0.15, -0.1) is 0 Å². The maximum atomic E-state index is 6.31. The van der Waals surface area contributed by atoms with Crippen molar-refractivity contribution in [1.29, 1.82) is 0 Å². The number of hydrogen-bond acceptors (Lipinski definition) is 7. The summed E-state index contributed by atoms with van der Waals surface area (Å²) in [5.74, 6) is 3.44. The van der Waals surface area contributed by atoms with Crippen molar-refractivity contribution >= 4 is 22.4 Å².